The minimum absolute atomic E-state index is 0.0310. The summed E-state index contributed by atoms with van der Waals surface area (Å²) >= 11 is 15.0. The van der Waals surface area contributed by atoms with Crippen molar-refractivity contribution in [3.8, 4) is 0 Å². The number of halogens is 3. The molecule has 4 nitrogen and oxygen atoms in total. The minimum Gasteiger partial charge on any atom is -0.260 e. The third-order valence-corrected chi connectivity index (χ3v) is 6.32. The van der Waals surface area contributed by atoms with E-state index in [0.717, 1.165) is 0 Å². The molecule has 1 unspecified atom stereocenters. The molecular weight excluding hydrogens is 397 g/mol. The summed E-state index contributed by atoms with van der Waals surface area (Å²) in [6.07, 6.45) is 0. The Balaban J connectivity index is 2.92. The smallest absolute Gasteiger partial charge is 0.243 e. The summed E-state index contributed by atoms with van der Waals surface area (Å²) in [7, 11) is -4.84. The van der Waals surface area contributed by atoms with Gasteiger partial charge in [0.15, 0.2) is 0 Å². The number of hydrogen-bond donors (Lipinski definition) is 1. The molecule has 1 aromatic rings. The van der Waals surface area contributed by atoms with E-state index >= 15 is 0 Å². The van der Waals surface area contributed by atoms with E-state index in [1.165, 1.54) is 12.1 Å². The van der Waals surface area contributed by atoms with Gasteiger partial charge in [0.1, 0.15) is 4.90 Å². The molecule has 1 atom stereocenters. The van der Waals surface area contributed by atoms with E-state index in [0.29, 0.717) is 10.2 Å². The van der Waals surface area contributed by atoms with Crippen molar-refractivity contribution in [3.05, 3.63) is 26.7 Å². The van der Waals surface area contributed by atoms with E-state index < -0.39 is 20.8 Å². The van der Waals surface area contributed by atoms with Gasteiger partial charge in [0.05, 0.1) is 10.0 Å². The zero-order chi connectivity index (χ0) is 14.6. The first-order chi connectivity index (χ1) is 8.77. The highest BCUT2D eigenvalue weighted by Crippen LogP contribution is 2.32. The van der Waals surface area contributed by atoms with Crippen LogP contribution in [0.1, 0.15) is 6.92 Å². The van der Waals surface area contributed by atoms with Crippen LogP contribution in [0.15, 0.2) is 21.5 Å². The standard InChI is InChI=1S/C10H12BrCl2NO3S2/c1-2-18(15)4-3-14-19(16,17)10-8(12)5-7(11)6-9(10)13/h5-6,14H,2-4H2,1H3. The van der Waals surface area contributed by atoms with Gasteiger partial charge in [0, 0.05) is 33.3 Å². The predicted octanol–water partition coefficient (Wildman–Crippen LogP) is 2.80. The molecule has 19 heavy (non-hydrogen) atoms. The van der Waals surface area contributed by atoms with Crippen LogP contribution in [0.2, 0.25) is 10.0 Å². The van der Waals surface area contributed by atoms with Crippen molar-refractivity contribution >= 4 is 60.0 Å². The summed E-state index contributed by atoms with van der Waals surface area (Å²) in [5.74, 6) is 0.739. The minimum atomic E-state index is -3.81. The Bertz CT molecular complexity index is 569. The zero-order valence-corrected chi connectivity index (χ0v) is 14.7. The van der Waals surface area contributed by atoms with Crippen LogP contribution in [0.3, 0.4) is 0 Å². The molecule has 0 spiro atoms. The number of hydrogen-bond acceptors (Lipinski definition) is 3. The van der Waals surface area contributed by atoms with Crippen molar-refractivity contribution in [1.82, 2.24) is 4.72 Å². The molecule has 0 saturated carbocycles. The molecule has 0 fully saturated rings. The van der Waals surface area contributed by atoms with E-state index in [1.807, 2.05) is 0 Å². The highest BCUT2D eigenvalue weighted by molar-refractivity contribution is 9.10. The van der Waals surface area contributed by atoms with E-state index in [1.54, 1.807) is 6.92 Å². The summed E-state index contributed by atoms with van der Waals surface area (Å²) in [5.41, 5.74) is 0. The summed E-state index contributed by atoms with van der Waals surface area (Å²) in [5, 5.41) is 0.0620. The maximum Gasteiger partial charge on any atom is 0.243 e. The first-order valence-electron chi connectivity index (χ1n) is 5.27. The molecule has 1 aromatic carbocycles. The molecule has 0 aliphatic heterocycles. The molecule has 0 amide bonds. The Morgan fingerprint density at radius 3 is 2.32 bits per heavy atom. The predicted molar refractivity (Wildman–Crippen MR) is 82.9 cm³/mol. The topological polar surface area (TPSA) is 63.2 Å². The van der Waals surface area contributed by atoms with Gasteiger partial charge in [-0.2, -0.15) is 0 Å². The van der Waals surface area contributed by atoms with E-state index in [4.69, 9.17) is 23.2 Å². The normalized spacial score (nSPS) is 13.5. The van der Waals surface area contributed by atoms with Crippen molar-refractivity contribution in [2.75, 3.05) is 18.1 Å². The number of rotatable bonds is 6. The van der Waals surface area contributed by atoms with Crippen LogP contribution >= 0.6 is 39.1 Å². The molecule has 1 rings (SSSR count). The van der Waals surface area contributed by atoms with Crippen molar-refractivity contribution in [1.29, 1.82) is 0 Å². The highest BCUT2D eigenvalue weighted by atomic mass is 79.9. The Labute approximate surface area is 133 Å². The van der Waals surface area contributed by atoms with Crippen LogP contribution in [-0.2, 0) is 20.8 Å². The number of benzene rings is 1. The van der Waals surface area contributed by atoms with Gasteiger partial charge in [-0.3, -0.25) is 4.21 Å². The summed E-state index contributed by atoms with van der Waals surface area (Å²) in [6, 6.07) is 2.90. The van der Waals surface area contributed by atoms with Crippen molar-refractivity contribution in [2.45, 2.75) is 11.8 Å². The van der Waals surface area contributed by atoms with Gasteiger partial charge in [-0.1, -0.05) is 46.1 Å². The summed E-state index contributed by atoms with van der Waals surface area (Å²) in [4.78, 5) is -0.165. The van der Waals surface area contributed by atoms with E-state index in [9.17, 15) is 12.6 Å². The molecule has 9 heteroatoms. The van der Waals surface area contributed by atoms with E-state index in [-0.39, 0.29) is 27.2 Å². The lowest BCUT2D eigenvalue weighted by atomic mass is 10.4. The Hall–Kier alpha value is 0.340. The lowest BCUT2D eigenvalue weighted by Crippen LogP contribution is -2.28. The van der Waals surface area contributed by atoms with Gasteiger partial charge in [-0.05, 0) is 12.1 Å². The van der Waals surface area contributed by atoms with Crippen LogP contribution in [-0.4, -0.2) is 30.7 Å². The fourth-order valence-electron chi connectivity index (χ4n) is 1.29. The van der Waals surface area contributed by atoms with Crippen molar-refractivity contribution in [3.63, 3.8) is 0 Å². The molecule has 0 aromatic heterocycles. The van der Waals surface area contributed by atoms with Gasteiger partial charge < -0.3 is 0 Å². The largest absolute Gasteiger partial charge is 0.260 e. The van der Waals surface area contributed by atoms with E-state index in [2.05, 4.69) is 20.7 Å². The van der Waals surface area contributed by atoms with Crippen LogP contribution < -0.4 is 4.72 Å². The monoisotopic (exact) mass is 407 g/mol. The maximum absolute atomic E-state index is 12.1. The fraction of sp³-hybridized carbons (Fsp3) is 0.400. The van der Waals surface area contributed by atoms with Gasteiger partial charge in [-0.25, -0.2) is 13.1 Å². The average Bonchev–Trinajstić information content (AvgIpc) is 2.26. The van der Waals surface area contributed by atoms with Gasteiger partial charge in [-0.15, -0.1) is 0 Å². The fourth-order valence-corrected chi connectivity index (χ4v) is 5.00. The van der Waals surface area contributed by atoms with Crippen LogP contribution in [0.25, 0.3) is 0 Å². The van der Waals surface area contributed by atoms with Crippen LogP contribution in [0.4, 0.5) is 0 Å². The van der Waals surface area contributed by atoms with Crippen LogP contribution in [0.5, 0.6) is 0 Å². The third-order valence-electron chi connectivity index (χ3n) is 2.18. The van der Waals surface area contributed by atoms with Crippen LogP contribution in [0, 0.1) is 0 Å². The molecule has 0 aliphatic rings. The van der Waals surface area contributed by atoms with Gasteiger partial charge >= 0.3 is 0 Å². The second-order valence-corrected chi connectivity index (χ2v) is 8.83. The molecule has 0 aliphatic carbocycles. The average molecular weight is 409 g/mol. The zero-order valence-electron chi connectivity index (χ0n) is 9.95. The SMILES string of the molecule is CCS(=O)CCNS(=O)(=O)c1c(Cl)cc(Br)cc1Cl. The molecule has 0 radical (unpaired) electrons. The van der Waals surface area contributed by atoms with Gasteiger partial charge in [0.25, 0.3) is 0 Å². The van der Waals surface area contributed by atoms with Gasteiger partial charge in [0.2, 0.25) is 10.0 Å². The second-order valence-electron chi connectivity index (χ2n) is 3.53. The highest BCUT2D eigenvalue weighted by Gasteiger charge is 2.22. The molecule has 0 saturated heterocycles. The number of sulfonamides is 1. The Kier molecular flexibility index (Phi) is 6.75. The molecule has 108 valence electrons. The van der Waals surface area contributed by atoms with Crippen molar-refractivity contribution in [2.24, 2.45) is 0 Å². The number of nitrogens with one attached hydrogen (secondary N) is 1. The first kappa shape index (κ1) is 17.4. The van der Waals surface area contributed by atoms with Crippen molar-refractivity contribution < 1.29 is 12.6 Å². The molecular formula is C10H12BrCl2NO3S2. The Morgan fingerprint density at radius 2 is 1.84 bits per heavy atom. The maximum atomic E-state index is 12.1. The Morgan fingerprint density at radius 1 is 1.32 bits per heavy atom. The lowest BCUT2D eigenvalue weighted by Gasteiger charge is -2.10. The first-order valence-corrected chi connectivity index (χ1v) is 9.79. The molecule has 0 bridgehead atoms. The second kappa shape index (κ2) is 7.38. The third kappa shape index (κ3) is 4.99. The summed E-state index contributed by atoms with van der Waals surface area (Å²) < 4.78 is 38.3. The molecule has 0 heterocycles. The lowest BCUT2D eigenvalue weighted by molar-refractivity contribution is 0.584. The quantitative estimate of drug-likeness (QED) is 0.786. The summed E-state index contributed by atoms with van der Waals surface area (Å²) in [6.45, 7) is 1.85. The molecule has 1 N–H and O–H groups in total.